The molecule has 11 nitrogen and oxygen atoms in total. The highest BCUT2D eigenvalue weighted by atomic mass is 16.5. The summed E-state index contributed by atoms with van der Waals surface area (Å²) in [5.74, 6) is -2.86. The maximum absolute atomic E-state index is 13.3. The van der Waals surface area contributed by atoms with Crippen molar-refractivity contribution in [2.45, 2.75) is 44.4 Å². The second-order valence-corrected chi connectivity index (χ2v) is 9.94. The molecule has 1 unspecified atom stereocenters. The van der Waals surface area contributed by atoms with Crippen molar-refractivity contribution < 1.29 is 34.1 Å². The molecular formula is C30H32N4O7. The van der Waals surface area contributed by atoms with Crippen LogP contribution in [0.25, 0.3) is 0 Å². The van der Waals surface area contributed by atoms with E-state index in [0.717, 1.165) is 30.4 Å². The maximum atomic E-state index is 13.3. The fourth-order valence-corrected chi connectivity index (χ4v) is 4.99. The summed E-state index contributed by atoms with van der Waals surface area (Å²) < 4.78 is 5.59. The molecule has 0 bridgehead atoms. The number of aliphatic carboxylic acids is 1. The van der Waals surface area contributed by atoms with Crippen molar-refractivity contribution in [3.05, 3.63) is 94.5 Å². The van der Waals surface area contributed by atoms with E-state index in [1.807, 2.05) is 6.07 Å². The highest BCUT2D eigenvalue weighted by molar-refractivity contribution is 5.91. The molecule has 7 N–H and O–H groups in total. The number of carbonyl (C=O) groups excluding carboxylic acids is 2. The van der Waals surface area contributed by atoms with Crippen molar-refractivity contribution in [2.24, 2.45) is 11.5 Å². The van der Waals surface area contributed by atoms with Gasteiger partial charge in [0.15, 0.2) is 0 Å². The summed E-state index contributed by atoms with van der Waals surface area (Å²) >= 11 is 0. The fraction of sp³-hybridized carbons (Fsp3) is 0.267. The number of hydrogen-bond donors (Lipinski definition) is 5. The molecule has 1 atom stereocenters. The zero-order chi connectivity index (χ0) is 29.5. The first-order valence-electron chi connectivity index (χ1n) is 13.1. The molecule has 11 heteroatoms. The Hall–Kier alpha value is -4.74. The molecule has 4 rings (SSSR count). The lowest BCUT2D eigenvalue weighted by Crippen LogP contribution is -2.38. The van der Waals surface area contributed by atoms with Gasteiger partial charge in [-0.05, 0) is 90.4 Å². The smallest absolute Gasteiger partial charge is 0.343 e. The Morgan fingerprint density at radius 1 is 0.976 bits per heavy atom. The van der Waals surface area contributed by atoms with E-state index in [9.17, 15) is 29.4 Å². The molecule has 0 aromatic heterocycles. The van der Waals surface area contributed by atoms with Crippen LogP contribution in [0.2, 0.25) is 0 Å². The number of benzene rings is 3. The molecule has 41 heavy (non-hydrogen) atoms. The van der Waals surface area contributed by atoms with Gasteiger partial charge in [-0.3, -0.25) is 21.1 Å². The standard InChI is InChI=1S/C30H32N4O7/c31-30(32)33-23-9-7-19(8-10-23)29(40)41-24-11-12-25-20(14-24)4-2-5-21(25)15-26(35)34(17-27(36)37)16-18-3-1-6-22(13-18)28(38)39/h1,3,6-14,21,30,33H,2,4-5,15-17,31-32H2,(H,36,37)(H,38,39). The first-order chi connectivity index (χ1) is 19.6. The van der Waals surface area contributed by atoms with Gasteiger partial charge >= 0.3 is 17.9 Å². The van der Waals surface area contributed by atoms with E-state index in [1.54, 1.807) is 48.5 Å². The van der Waals surface area contributed by atoms with Crippen LogP contribution in [0.15, 0.2) is 66.7 Å². The largest absolute Gasteiger partial charge is 0.480 e. The van der Waals surface area contributed by atoms with Crippen molar-refractivity contribution in [1.82, 2.24) is 4.90 Å². The molecule has 0 radical (unpaired) electrons. The summed E-state index contributed by atoms with van der Waals surface area (Å²) in [5.41, 5.74) is 14.6. The van der Waals surface area contributed by atoms with Crippen LogP contribution in [0.3, 0.4) is 0 Å². The van der Waals surface area contributed by atoms with E-state index in [0.29, 0.717) is 22.6 Å². The Balaban J connectivity index is 1.44. The monoisotopic (exact) mass is 560 g/mol. The van der Waals surface area contributed by atoms with Gasteiger partial charge in [0.25, 0.3) is 0 Å². The number of hydrogen-bond acceptors (Lipinski definition) is 8. The molecule has 0 spiro atoms. The van der Waals surface area contributed by atoms with Gasteiger partial charge in [-0.1, -0.05) is 18.2 Å². The topological polar surface area (TPSA) is 185 Å². The molecule has 214 valence electrons. The summed E-state index contributed by atoms with van der Waals surface area (Å²) in [6.45, 7) is -0.516. The number of anilines is 1. The predicted molar refractivity (Wildman–Crippen MR) is 150 cm³/mol. The van der Waals surface area contributed by atoms with Crippen molar-refractivity contribution in [1.29, 1.82) is 0 Å². The third kappa shape index (κ3) is 7.90. The molecule has 1 amide bonds. The number of aromatic carboxylic acids is 1. The summed E-state index contributed by atoms with van der Waals surface area (Å²) in [7, 11) is 0. The maximum Gasteiger partial charge on any atom is 0.343 e. The van der Waals surface area contributed by atoms with Crippen LogP contribution in [0.5, 0.6) is 5.75 Å². The molecule has 0 saturated carbocycles. The lowest BCUT2D eigenvalue weighted by Gasteiger charge is -2.28. The molecule has 3 aromatic rings. The molecule has 0 aliphatic heterocycles. The fourth-order valence-electron chi connectivity index (χ4n) is 4.99. The molecule has 3 aromatic carbocycles. The highest BCUT2D eigenvalue weighted by Crippen LogP contribution is 2.36. The number of nitrogens with two attached hydrogens (primary N) is 2. The first kappa shape index (κ1) is 29.2. The lowest BCUT2D eigenvalue weighted by molar-refractivity contribution is -0.145. The van der Waals surface area contributed by atoms with Gasteiger partial charge < -0.3 is 25.2 Å². The summed E-state index contributed by atoms with van der Waals surface area (Å²) in [4.78, 5) is 50.0. The molecule has 1 aliphatic carbocycles. The van der Waals surface area contributed by atoms with Gasteiger partial charge in [-0.2, -0.15) is 0 Å². The lowest BCUT2D eigenvalue weighted by atomic mass is 9.80. The second-order valence-electron chi connectivity index (χ2n) is 9.94. The molecular weight excluding hydrogens is 528 g/mol. The third-order valence-corrected chi connectivity index (χ3v) is 6.86. The normalized spacial score (nSPS) is 14.2. The Morgan fingerprint density at radius 3 is 2.41 bits per heavy atom. The van der Waals surface area contributed by atoms with Gasteiger partial charge in [-0.15, -0.1) is 0 Å². The van der Waals surface area contributed by atoms with Crippen molar-refractivity contribution in [3.63, 3.8) is 0 Å². The summed E-state index contributed by atoms with van der Waals surface area (Å²) in [6.07, 6.45) is 1.70. The second kappa shape index (κ2) is 13.1. The minimum absolute atomic E-state index is 0.0171. The zero-order valence-corrected chi connectivity index (χ0v) is 22.3. The van der Waals surface area contributed by atoms with Gasteiger partial charge in [-0.25, -0.2) is 9.59 Å². The van der Waals surface area contributed by atoms with Crippen LogP contribution < -0.4 is 21.5 Å². The average Bonchev–Trinajstić information content (AvgIpc) is 2.92. The Morgan fingerprint density at radius 2 is 1.73 bits per heavy atom. The van der Waals surface area contributed by atoms with Crippen LogP contribution in [0, 0.1) is 0 Å². The predicted octanol–water partition coefficient (Wildman–Crippen LogP) is 3.14. The van der Waals surface area contributed by atoms with Crippen LogP contribution >= 0.6 is 0 Å². The number of rotatable bonds is 11. The minimum atomic E-state index is -1.16. The quantitative estimate of drug-likeness (QED) is 0.133. The molecule has 0 saturated heterocycles. The average molecular weight is 561 g/mol. The Bertz CT molecular complexity index is 1440. The number of nitrogens with one attached hydrogen (secondary N) is 1. The Kier molecular flexibility index (Phi) is 9.33. The summed E-state index contributed by atoms with van der Waals surface area (Å²) in [6, 6.07) is 18.0. The van der Waals surface area contributed by atoms with Gasteiger partial charge in [0, 0.05) is 18.7 Å². The number of aryl methyl sites for hydroxylation is 1. The zero-order valence-electron chi connectivity index (χ0n) is 22.3. The number of carboxylic acid groups (broad SMARTS) is 2. The number of nitrogens with zero attached hydrogens (tertiary/aromatic N) is 1. The van der Waals surface area contributed by atoms with E-state index in [-0.39, 0.29) is 30.4 Å². The summed E-state index contributed by atoms with van der Waals surface area (Å²) in [5, 5.41) is 21.5. The number of carboxylic acids is 2. The van der Waals surface area contributed by atoms with E-state index in [2.05, 4.69) is 5.32 Å². The number of fused-ring (bicyclic) bond motifs is 1. The number of esters is 1. The van der Waals surface area contributed by atoms with Crippen LogP contribution in [0.1, 0.15) is 62.6 Å². The Labute approximate surface area is 236 Å². The molecule has 0 fully saturated rings. The van der Waals surface area contributed by atoms with Crippen LogP contribution in [-0.4, -0.2) is 51.8 Å². The van der Waals surface area contributed by atoms with Crippen molar-refractivity contribution in [3.8, 4) is 5.75 Å². The minimum Gasteiger partial charge on any atom is -0.480 e. The number of amides is 1. The molecule has 1 aliphatic rings. The SMILES string of the molecule is NC(N)Nc1ccc(C(=O)Oc2ccc3c(c2)CCCC3CC(=O)N(CC(=O)O)Cc2cccc(C(=O)O)c2)cc1. The van der Waals surface area contributed by atoms with E-state index >= 15 is 0 Å². The van der Waals surface area contributed by atoms with Gasteiger partial charge in [0.1, 0.15) is 18.6 Å². The highest BCUT2D eigenvalue weighted by Gasteiger charge is 2.27. The van der Waals surface area contributed by atoms with E-state index in [1.165, 1.54) is 17.0 Å². The third-order valence-electron chi connectivity index (χ3n) is 6.86. The first-order valence-corrected chi connectivity index (χ1v) is 13.1. The van der Waals surface area contributed by atoms with Crippen molar-refractivity contribution >= 4 is 29.5 Å². The van der Waals surface area contributed by atoms with Crippen molar-refractivity contribution in [2.75, 3.05) is 11.9 Å². The van der Waals surface area contributed by atoms with E-state index in [4.69, 9.17) is 16.2 Å². The van der Waals surface area contributed by atoms with Crippen LogP contribution in [-0.2, 0) is 22.6 Å². The van der Waals surface area contributed by atoms with Gasteiger partial charge in [0.2, 0.25) is 5.91 Å². The van der Waals surface area contributed by atoms with E-state index < -0.39 is 30.7 Å². The van der Waals surface area contributed by atoms with Crippen LogP contribution in [0.4, 0.5) is 5.69 Å². The molecule has 0 heterocycles. The number of ether oxygens (including phenoxy) is 1. The van der Waals surface area contributed by atoms with Gasteiger partial charge in [0.05, 0.1) is 11.1 Å². The number of carbonyl (C=O) groups is 4.